The highest BCUT2D eigenvalue weighted by molar-refractivity contribution is 7.86. The van der Waals surface area contributed by atoms with Crippen LogP contribution in [-0.2, 0) is 10.1 Å². The summed E-state index contributed by atoms with van der Waals surface area (Å²) in [5.74, 6) is -23.2. The van der Waals surface area contributed by atoms with Gasteiger partial charge >= 0.3 is 29.2 Å². The number of hydrogen-bond acceptors (Lipinski definition) is 3. The van der Waals surface area contributed by atoms with Crippen molar-refractivity contribution in [2.75, 3.05) is 0 Å². The van der Waals surface area contributed by atoms with Crippen LogP contribution in [-0.4, -0.2) is 48.3 Å². The third-order valence-electron chi connectivity index (χ3n) is 2.10. The van der Waals surface area contributed by atoms with E-state index in [0.717, 1.165) is 0 Å². The average molecular weight is 399 g/mol. The van der Waals surface area contributed by atoms with Crippen LogP contribution < -0.4 is 6.15 Å². The first-order chi connectivity index (χ1) is 9.15. The van der Waals surface area contributed by atoms with Gasteiger partial charge < -0.3 is 10.7 Å². The fraction of sp³-hybridized carbons (Fsp3) is 1.00. The van der Waals surface area contributed by atoms with Crippen molar-refractivity contribution in [1.82, 2.24) is 6.15 Å². The molecule has 1 atom stereocenters. The van der Waals surface area contributed by atoms with Crippen LogP contribution in [0.3, 0.4) is 0 Å². The number of quaternary nitrogens is 1. The van der Waals surface area contributed by atoms with Crippen molar-refractivity contribution in [2.24, 2.45) is 0 Å². The molecular formula is C6H5F12NO3S. The second-order valence-electron chi connectivity index (χ2n) is 3.65. The molecule has 0 aromatic carbocycles. The Balaban J connectivity index is 0. The quantitative estimate of drug-likeness (QED) is 0.568. The molecule has 0 heterocycles. The fourth-order valence-corrected chi connectivity index (χ4v) is 1.36. The SMILES string of the molecule is O=S(=O)([O-])C(F)(F)C(F)(F)C(F)(F)C(F)(F)C(F)C(F)(F)F.[NH4+]. The molecule has 0 aromatic rings. The average Bonchev–Trinajstić information content (AvgIpc) is 2.24. The molecule has 0 fully saturated rings. The molecule has 0 saturated heterocycles. The number of alkyl halides is 12. The first-order valence-electron chi connectivity index (χ1n) is 4.33. The maximum Gasteiger partial charge on any atom is 0.425 e. The molecule has 0 bridgehead atoms. The van der Waals surface area contributed by atoms with Crippen molar-refractivity contribution in [2.45, 2.75) is 35.4 Å². The van der Waals surface area contributed by atoms with E-state index in [1.165, 1.54) is 0 Å². The molecular weight excluding hydrogens is 394 g/mol. The molecule has 0 aromatic heterocycles. The summed E-state index contributed by atoms with van der Waals surface area (Å²) >= 11 is 0. The van der Waals surface area contributed by atoms with Crippen LogP contribution in [0.1, 0.15) is 0 Å². The van der Waals surface area contributed by atoms with Crippen LogP contribution in [0.15, 0.2) is 0 Å². The van der Waals surface area contributed by atoms with Crippen LogP contribution in [0.25, 0.3) is 0 Å². The molecule has 142 valence electrons. The smallest absolute Gasteiger partial charge is 0.425 e. The Kier molecular flexibility index (Phi) is 6.16. The molecule has 4 nitrogen and oxygen atoms in total. The molecule has 0 aliphatic heterocycles. The van der Waals surface area contributed by atoms with Crippen LogP contribution in [0.2, 0.25) is 0 Å². The lowest BCUT2D eigenvalue weighted by molar-refractivity contribution is -0.380. The summed E-state index contributed by atoms with van der Waals surface area (Å²) in [5.41, 5.74) is 0. The molecule has 0 rings (SSSR count). The zero-order chi connectivity index (χ0) is 18.6. The van der Waals surface area contributed by atoms with Gasteiger partial charge in [0.2, 0.25) is 0 Å². The van der Waals surface area contributed by atoms with Crippen molar-refractivity contribution in [3.63, 3.8) is 0 Å². The standard InChI is InChI=1S/C6H2F12O3S.H3N/c7-1(3(10,11)12)2(8,9)4(13,14)5(15,16)6(17,18)22(19,20)21;/h1H,(H,19,20,21);1H3. The Hall–Kier alpha value is -0.970. The molecule has 0 saturated carbocycles. The van der Waals surface area contributed by atoms with Crippen molar-refractivity contribution in [3.05, 3.63) is 0 Å². The van der Waals surface area contributed by atoms with Crippen molar-refractivity contribution < 1.29 is 65.7 Å². The van der Waals surface area contributed by atoms with Crippen molar-refractivity contribution in [3.8, 4) is 0 Å². The van der Waals surface area contributed by atoms with Crippen molar-refractivity contribution >= 4 is 10.1 Å². The second kappa shape index (κ2) is 5.83. The molecule has 0 aliphatic carbocycles. The maximum absolute atomic E-state index is 12.7. The number of hydrogen-bond donors (Lipinski definition) is 1. The number of halogens is 12. The monoisotopic (exact) mass is 399 g/mol. The van der Waals surface area contributed by atoms with Gasteiger partial charge in [0, 0.05) is 0 Å². The third kappa shape index (κ3) is 3.44. The Morgan fingerprint density at radius 3 is 1.26 bits per heavy atom. The van der Waals surface area contributed by atoms with E-state index in [2.05, 4.69) is 0 Å². The summed E-state index contributed by atoms with van der Waals surface area (Å²) in [5, 5.41) is -7.45. The summed E-state index contributed by atoms with van der Waals surface area (Å²) in [6.45, 7) is 0. The first kappa shape index (κ1) is 24.3. The van der Waals surface area contributed by atoms with Gasteiger partial charge in [-0.2, -0.15) is 48.3 Å². The van der Waals surface area contributed by atoms with E-state index < -0.39 is 45.5 Å². The Bertz CT molecular complexity index is 525. The summed E-state index contributed by atoms with van der Waals surface area (Å²) in [6.07, 6.45) is -12.9. The van der Waals surface area contributed by atoms with Gasteiger partial charge in [0.15, 0.2) is 10.1 Å². The molecule has 0 radical (unpaired) electrons. The van der Waals surface area contributed by atoms with Crippen LogP contribution in [0, 0.1) is 0 Å². The van der Waals surface area contributed by atoms with Crippen molar-refractivity contribution in [1.29, 1.82) is 0 Å². The topological polar surface area (TPSA) is 93.7 Å². The lowest BCUT2D eigenvalue weighted by Crippen LogP contribution is -2.68. The molecule has 4 N–H and O–H groups in total. The van der Waals surface area contributed by atoms with E-state index in [9.17, 15) is 65.7 Å². The fourth-order valence-electron chi connectivity index (χ4n) is 0.914. The van der Waals surface area contributed by atoms with Gasteiger partial charge in [0.1, 0.15) is 0 Å². The summed E-state index contributed by atoms with van der Waals surface area (Å²) in [6, 6.07) is 0. The highest BCUT2D eigenvalue weighted by Crippen LogP contribution is 2.56. The van der Waals surface area contributed by atoms with E-state index in [1.54, 1.807) is 0 Å². The molecule has 0 spiro atoms. The van der Waals surface area contributed by atoms with E-state index >= 15 is 0 Å². The predicted octanol–water partition coefficient (Wildman–Crippen LogP) is 3.31. The zero-order valence-electron chi connectivity index (χ0n) is 10.2. The molecule has 23 heavy (non-hydrogen) atoms. The minimum absolute atomic E-state index is 0. The molecule has 1 unspecified atom stereocenters. The zero-order valence-corrected chi connectivity index (χ0v) is 11.1. The number of rotatable bonds is 5. The van der Waals surface area contributed by atoms with Gasteiger partial charge in [0.25, 0.3) is 6.17 Å². The Morgan fingerprint density at radius 2 is 1.04 bits per heavy atom. The summed E-state index contributed by atoms with van der Waals surface area (Å²) in [4.78, 5) is 0. The normalized spacial score (nSPS) is 16.7. The minimum atomic E-state index is -7.88. The minimum Gasteiger partial charge on any atom is -0.743 e. The second-order valence-corrected chi connectivity index (χ2v) is 5.07. The van der Waals surface area contributed by atoms with Gasteiger partial charge in [0.05, 0.1) is 0 Å². The van der Waals surface area contributed by atoms with Crippen LogP contribution >= 0.6 is 0 Å². The van der Waals surface area contributed by atoms with E-state index in [4.69, 9.17) is 0 Å². The van der Waals surface area contributed by atoms with Crippen LogP contribution in [0.4, 0.5) is 52.7 Å². The maximum atomic E-state index is 12.7. The third-order valence-corrected chi connectivity index (χ3v) is 2.98. The summed E-state index contributed by atoms with van der Waals surface area (Å²) < 4.78 is 177. The van der Waals surface area contributed by atoms with E-state index in [-0.39, 0.29) is 6.15 Å². The Labute approximate surface area is 118 Å². The Morgan fingerprint density at radius 1 is 0.739 bits per heavy atom. The van der Waals surface area contributed by atoms with Crippen LogP contribution in [0.5, 0.6) is 0 Å². The van der Waals surface area contributed by atoms with Gasteiger partial charge in [-0.25, -0.2) is 12.8 Å². The lowest BCUT2D eigenvalue weighted by Gasteiger charge is -2.38. The highest BCUT2D eigenvalue weighted by Gasteiger charge is 2.86. The first-order valence-corrected chi connectivity index (χ1v) is 5.74. The highest BCUT2D eigenvalue weighted by atomic mass is 32.2. The van der Waals surface area contributed by atoms with E-state index in [0.29, 0.717) is 0 Å². The molecule has 0 aliphatic rings. The van der Waals surface area contributed by atoms with Gasteiger partial charge in [-0.3, -0.25) is 0 Å². The van der Waals surface area contributed by atoms with Gasteiger partial charge in [-0.15, -0.1) is 0 Å². The van der Waals surface area contributed by atoms with Gasteiger partial charge in [-0.1, -0.05) is 0 Å². The molecule has 0 amide bonds. The molecule has 17 heteroatoms. The predicted molar refractivity (Wildman–Crippen MR) is 46.4 cm³/mol. The lowest BCUT2D eigenvalue weighted by atomic mass is 10.00. The van der Waals surface area contributed by atoms with E-state index in [1.807, 2.05) is 0 Å². The van der Waals surface area contributed by atoms with Gasteiger partial charge in [-0.05, 0) is 0 Å². The largest absolute Gasteiger partial charge is 0.743 e. The summed E-state index contributed by atoms with van der Waals surface area (Å²) in [7, 11) is -7.72.